The Hall–Kier alpha value is -1.33. The molecule has 0 bridgehead atoms. The zero-order chi connectivity index (χ0) is 18.3. The summed E-state index contributed by atoms with van der Waals surface area (Å²) in [4.78, 5) is 12.7. The fraction of sp³-hybridized carbons (Fsp3) is 0.762. The van der Waals surface area contributed by atoms with Gasteiger partial charge in [-0.15, -0.1) is 0 Å². The van der Waals surface area contributed by atoms with Crippen molar-refractivity contribution < 1.29 is 23.8 Å². The minimum absolute atomic E-state index is 0.0844. The van der Waals surface area contributed by atoms with Gasteiger partial charge >= 0.3 is 5.97 Å². The van der Waals surface area contributed by atoms with Crippen LogP contribution < -0.4 is 0 Å². The number of hydrogen-bond acceptors (Lipinski definition) is 5. The number of rotatable bonds is 1. The number of carbonyl (C=O) groups is 1. The van der Waals surface area contributed by atoms with Crippen LogP contribution in [0.3, 0.4) is 0 Å². The summed E-state index contributed by atoms with van der Waals surface area (Å²) in [5.41, 5.74) is 0.294. The molecule has 5 nitrogen and oxygen atoms in total. The van der Waals surface area contributed by atoms with Crippen LogP contribution in [-0.2, 0) is 14.3 Å². The van der Waals surface area contributed by atoms with Gasteiger partial charge < -0.3 is 19.0 Å². The minimum atomic E-state index is -0.849. The quantitative estimate of drug-likeness (QED) is 0.772. The van der Waals surface area contributed by atoms with E-state index in [1.165, 1.54) is 12.7 Å². The molecule has 5 rings (SSSR count). The van der Waals surface area contributed by atoms with E-state index in [0.717, 1.165) is 37.9 Å². The first kappa shape index (κ1) is 16.8. The first-order chi connectivity index (χ1) is 12.4. The van der Waals surface area contributed by atoms with Crippen molar-refractivity contribution in [1.29, 1.82) is 0 Å². The molecule has 1 aromatic rings. The second-order valence-electron chi connectivity index (χ2n) is 9.13. The predicted octanol–water partition coefficient (Wildman–Crippen LogP) is 3.78. The molecule has 1 spiro atoms. The Morgan fingerprint density at radius 3 is 2.92 bits per heavy atom. The Morgan fingerprint density at radius 2 is 2.15 bits per heavy atom. The molecule has 1 aliphatic heterocycles. The highest BCUT2D eigenvalue weighted by atomic mass is 16.6. The zero-order valence-corrected chi connectivity index (χ0v) is 15.7. The highest BCUT2D eigenvalue weighted by Crippen LogP contribution is 2.72. The summed E-state index contributed by atoms with van der Waals surface area (Å²) in [5, 5.41) is 11.2. The van der Waals surface area contributed by atoms with Crippen molar-refractivity contribution in [3.05, 3.63) is 23.7 Å². The summed E-state index contributed by atoms with van der Waals surface area (Å²) < 4.78 is 17.2. The summed E-state index contributed by atoms with van der Waals surface area (Å²) in [6.45, 7) is 4.31. The van der Waals surface area contributed by atoms with Gasteiger partial charge in [0.05, 0.1) is 18.8 Å². The molecule has 8 unspecified atom stereocenters. The number of methoxy groups -OCH3 is 1. The average molecular weight is 360 g/mol. The van der Waals surface area contributed by atoms with E-state index >= 15 is 0 Å². The molecule has 0 amide bonds. The third kappa shape index (κ3) is 1.76. The van der Waals surface area contributed by atoms with Crippen molar-refractivity contribution in [2.24, 2.45) is 28.6 Å². The molecule has 1 N–H and O–H groups in total. The fourth-order valence-electron chi connectivity index (χ4n) is 7.38. The summed E-state index contributed by atoms with van der Waals surface area (Å²) in [7, 11) is 1.47. The van der Waals surface area contributed by atoms with Crippen LogP contribution in [0.15, 0.2) is 16.7 Å². The number of aliphatic hydroxyl groups excluding tert-OH is 1. The maximum Gasteiger partial charge on any atom is 0.311 e. The van der Waals surface area contributed by atoms with Crippen LogP contribution in [0.2, 0.25) is 0 Å². The van der Waals surface area contributed by atoms with Crippen LogP contribution in [-0.4, -0.2) is 24.5 Å². The summed E-state index contributed by atoms with van der Waals surface area (Å²) in [6.07, 6.45) is 5.35. The highest BCUT2D eigenvalue weighted by Gasteiger charge is 2.71. The number of fused-ring (bicyclic) bond motifs is 2. The normalized spacial score (nSPS) is 49.1. The van der Waals surface area contributed by atoms with Crippen molar-refractivity contribution in [2.45, 2.75) is 64.3 Å². The maximum absolute atomic E-state index is 12.7. The van der Waals surface area contributed by atoms with E-state index in [1.54, 1.807) is 6.26 Å². The first-order valence-corrected chi connectivity index (χ1v) is 9.94. The molecular formula is C21H28O5. The van der Waals surface area contributed by atoms with Crippen molar-refractivity contribution in [3.63, 3.8) is 0 Å². The van der Waals surface area contributed by atoms with Gasteiger partial charge in [-0.2, -0.15) is 0 Å². The van der Waals surface area contributed by atoms with E-state index in [1.807, 2.05) is 6.92 Å². The maximum atomic E-state index is 12.7. The third-order valence-electron chi connectivity index (χ3n) is 8.43. The standard InChI is InChI=1S/C21H28O5/c1-11-12-5-6-14-20(2,18(22)24-3)8-4-9-21(14)15(12)17(26-19(21)23)16-13(11)7-10-25-16/h7,10-12,14-15,17,19,23H,4-6,8-9H2,1-3H3. The van der Waals surface area contributed by atoms with Crippen LogP contribution >= 0.6 is 0 Å². The van der Waals surface area contributed by atoms with E-state index in [2.05, 4.69) is 13.0 Å². The van der Waals surface area contributed by atoms with E-state index in [-0.39, 0.29) is 29.3 Å². The zero-order valence-electron chi connectivity index (χ0n) is 15.7. The van der Waals surface area contributed by atoms with Crippen LogP contribution in [0.5, 0.6) is 0 Å². The van der Waals surface area contributed by atoms with Gasteiger partial charge in [0.25, 0.3) is 0 Å². The molecule has 3 aliphatic carbocycles. The molecule has 1 saturated heterocycles. The van der Waals surface area contributed by atoms with Crippen LogP contribution in [0.25, 0.3) is 0 Å². The lowest BCUT2D eigenvalue weighted by molar-refractivity contribution is -0.206. The average Bonchev–Trinajstić information content (AvgIpc) is 3.23. The van der Waals surface area contributed by atoms with E-state index in [4.69, 9.17) is 13.9 Å². The van der Waals surface area contributed by atoms with Crippen molar-refractivity contribution in [3.8, 4) is 0 Å². The number of aliphatic hydroxyl groups is 1. The Balaban J connectivity index is 1.66. The molecule has 2 heterocycles. The number of furan rings is 1. The summed E-state index contributed by atoms with van der Waals surface area (Å²) >= 11 is 0. The third-order valence-corrected chi connectivity index (χ3v) is 8.43. The number of esters is 1. The molecule has 2 saturated carbocycles. The molecule has 1 aromatic heterocycles. The molecule has 0 radical (unpaired) electrons. The molecule has 4 aliphatic rings. The van der Waals surface area contributed by atoms with Gasteiger partial charge in [-0.25, -0.2) is 0 Å². The van der Waals surface area contributed by atoms with E-state index in [9.17, 15) is 9.90 Å². The second-order valence-corrected chi connectivity index (χ2v) is 9.13. The Morgan fingerprint density at radius 1 is 1.35 bits per heavy atom. The van der Waals surface area contributed by atoms with Gasteiger partial charge in [0, 0.05) is 11.3 Å². The lowest BCUT2D eigenvalue weighted by Crippen LogP contribution is -2.59. The van der Waals surface area contributed by atoms with Gasteiger partial charge in [-0.05, 0) is 62.0 Å². The molecule has 3 fully saturated rings. The monoisotopic (exact) mass is 360 g/mol. The van der Waals surface area contributed by atoms with Crippen molar-refractivity contribution >= 4 is 5.97 Å². The van der Waals surface area contributed by atoms with Gasteiger partial charge in [-0.1, -0.05) is 13.3 Å². The Kier molecular flexibility index (Phi) is 3.46. The Labute approximate surface area is 154 Å². The lowest BCUT2D eigenvalue weighted by Gasteiger charge is -2.59. The van der Waals surface area contributed by atoms with Crippen molar-refractivity contribution in [2.75, 3.05) is 7.11 Å². The fourth-order valence-corrected chi connectivity index (χ4v) is 7.38. The van der Waals surface area contributed by atoms with Gasteiger partial charge in [0.1, 0.15) is 11.9 Å². The molecule has 5 heteroatoms. The number of hydrogen-bond donors (Lipinski definition) is 1. The molecule has 8 atom stereocenters. The number of ether oxygens (including phenoxy) is 2. The smallest absolute Gasteiger partial charge is 0.311 e. The lowest BCUT2D eigenvalue weighted by atomic mass is 9.43. The summed E-state index contributed by atoms with van der Waals surface area (Å²) in [6, 6.07) is 2.06. The molecule has 26 heavy (non-hydrogen) atoms. The Bertz CT molecular complexity index is 741. The van der Waals surface area contributed by atoms with Crippen LogP contribution in [0, 0.1) is 28.6 Å². The summed E-state index contributed by atoms with van der Waals surface area (Å²) in [5.74, 6) is 1.88. The molecule has 0 aromatic carbocycles. The van der Waals surface area contributed by atoms with Crippen LogP contribution in [0.1, 0.15) is 69.3 Å². The van der Waals surface area contributed by atoms with E-state index in [0.29, 0.717) is 11.8 Å². The van der Waals surface area contributed by atoms with Gasteiger partial charge in [0.15, 0.2) is 6.29 Å². The highest BCUT2D eigenvalue weighted by molar-refractivity contribution is 5.77. The largest absolute Gasteiger partial charge is 0.469 e. The van der Waals surface area contributed by atoms with E-state index < -0.39 is 11.7 Å². The topological polar surface area (TPSA) is 68.9 Å². The second kappa shape index (κ2) is 5.35. The first-order valence-electron chi connectivity index (χ1n) is 9.94. The van der Waals surface area contributed by atoms with Gasteiger partial charge in [0.2, 0.25) is 0 Å². The van der Waals surface area contributed by atoms with Crippen molar-refractivity contribution in [1.82, 2.24) is 0 Å². The van der Waals surface area contributed by atoms with Gasteiger partial charge in [-0.3, -0.25) is 4.79 Å². The SMILES string of the molecule is COC(=O)C1(C)CCCC23C(O)OC4c5occc5C(C)C(CCC12)C43. The predicted molar refractivity (Wildman–Crippen MR) is 93.1 cm³/mol. The molecular weight excluding hydrogens is 332 g/mol. The van der Waals surface area contributed by atoms with Crippen LogP contribution in [0.4, 0.5) is 0 Å². The minimum Gasteiger partial charge on any atom is -0.469 e. The number of carbonyl (C=O) groups excluding carboxylic acids is 1. The molecule has 142 valence electrons.